The number of nitrogens with zero attached hydrogens (tertiary/aromatic N) is 1. The molecule has 156 valence electrons. The molecule has 3 unspecified atom stereocenters. The summed E-state index contributed by atoms with van der Waals surface area (Å²) in [7, 11) is -0.456. The Morgan fingerprint density at radius 2 is 1.82 bits per heavy atom. The van der Waals surface area contributed by atoms with E-state index in [2.05, 4.69) is 33.9 Å². The molecular formula is C22H35NO4Si. The number of ether oxygens (including phenoxy) is 1. The van der Waals surface area contributed by atoms with E-state index < -0.39 is 8.32 Å². The van der Waals surface area contributed by atoms with Crippen LogP contribution in [0, 0.1) is 11.8 Å². The Morgan fingerprint density at radius 3 is 2.36 bits per heavy atom. The van der Waals surface area contributed by atoms with Crippen molar-refractivity contribution in [3.8, 4) is 0 Å². The van der Waals surface area contributed by atoms with Crippen LogP contribution in [-0.4, -0.2) is 44.9 Å². The molecule has 6 heteroatoms. The normalized spacial score (nSPS) is 21.2. The van der Waals surface area contributed by atoms with Crippen LogP contribution in [0.3, 0.4) is 0 Å². The third-order valence-electron chi connectivity index (χ3n) is 6.35. The number of methoxy groups -OCH3 is 1. The van der Waals surface area contributed by atoms with E-state index in [1.807, 2.05) is 42.2 Å². The van der Waals surface area contributed by atoms with Gasteiger partial charge in [-0.15, -0.1) is 0 Å². The van der Waals surface area contributed by atoms with Gasteiger partial charge in [0.05, 0.1) is 25.0 Å². The second-order valence-electron chi connectivity index (χ2n) is 9.26. The van der Waals surface area contributed by atoms with Crippen molar-refractivity contribution in [2.45, 2.75) is 64.8 Å². The smallest absolute Gasteiger partial charge is 0.310 e. The molecule has 1 heterocycles. The highest BCUT2D eigenvalue weighted by atomic mass is 28.4. The number of carbonyl (C=O) groups is 2. The molecule has 3 atom stereocenters. The fraction of sp³-hybridized carbons (Fsp3) is 0.636. The zero-order valence-corrected chi connectivity index (χ0v) is 19.3. The van der Waals surface area contributed by atoms with Crippen molar-refractivity contribution in [2.75, 3.05) is 13.7 Å². The van der Waals surface area contributed by atoms with Crippen molar-refractivity contribution in [3.63, 3.8) is 0 Å². The summed E-state index contributed by atoms with van der Waals surface area (Å²) >= 11 is 0. The molecule has 0 bridgehead atoms. The Labute approximate surface area is 170 Å². The first-order chi connectivity index (χ1) is 13.0. The summed E-state index contributed by atoms with van der Waals surface area (Å²) in [5, 5.41) is 0.134. The lowest BCUT2D eigenvalue weighted by molar-refractivity contribution is -0.169. The number of likely N-dealkylation sites (tertiary alicyclic amines) is 1. The quantitative estimate of drug-likeness (QED) is 0.369. The van der Waals surface area contributed by atoms with Crippen molar-refractivity contribution < 1.29 is 18.8 Å². The minimum Gasteiger partial charge on any atom is -0.469 e. The number of rotatable bonds is 8. The molecule has 0 radical (unpaired) electrons. The Morgan fingerprint density at radius 1 is 1.21 bits per heavy atom. The van der Waals surface area contributed by atoms with E-state index in [9.17, 15) is 9.59 Å². The van der Waals surface area contributed by atoms with Crippen LogP contribution < -0.4 is 0 Å². The predicted molar refractivity (Wildman–Crippen MR) is 113 cm³/mol. The van der Waals surface area contributed by atoms with Crippen LogP contribution in [0.1, 0.15) is 39.7 Å². The maximum atomic E-state index is 12.9. The molecule has 5 nitrogen and oxygen atoms in total. The van der Waals surface area contributed by atoms with Gasteiger partial charge in [-0.2, -0.15) is 0 Å². The molecule has 1 aromatic rings. The first kappa shape index (κ1) is 22.6. The first-order valence-corrected chi connectivity index (χ1v) is 13.0. The lowest BCUT2D eigenvalue weighted by atomic mass is 9.77. The Balaban J connectivity index is 2.08. The molecule has 28 heavy (non-hydrogen) atoms. The van der Waals surface area contributed by atoms with Gasteiger partial charge in [-0.3, -0.25) is 9.59 Å². The largest absolute Gasteiger partial charge is 0.469 e. The van der Waals surface area contributed by atoms with Gasteiger partial charge in [-0.1, -0.05) is 51.1 Å². The molecule has 0 N–H and O–H groups in total. The summed E-state index contributed by atoms with van der Waals surface area (Å²) in [5.41, 5.74) is 1.06. The molecule has 1 amide bonds. The molecule has 2 rings (SSSR count). The second kappa shape index (κ2) is 8.78. The van der Waals surface area contributed by atoms with Crippen LogP contribution in [0.5, 0.6) is 0 Å². The van der Waals surface area contributed by atoms with Crippen molar-refractivity contribution in [1.82, 2.24) is 4.90 Å². The van der Waals surface area contributed by atoms with Crippen LogP contribution in [-0.2, 0) is 25.3 Å². The van der Waals surface area contributed by atoms with Gasteiger partial charge in [0, 0.05) is 13.2 Å². The number of amides is 1. The molecule has 0 spiro atoms. The van der Waals surface area contributed by atoms with E-state index >= 15 is 0 Å². The highest BCUT2D eigenvalue weighted by molar-refractivity contribution is 6.74. The molecular weight excluding hydrogens is 370 g/mol. The average Bonchev–Trinajstić information content (AvgIpc) is 2.64. The number of carbonyl (C=O) groups excluding carboxylic acids is 2. The Hall–Kier alpha value is -1.66. The zero-order valence-electron chi connectivity index (χ0n) is 18.3. The summed E-state index contributed by atoms with van der Waals surface area (Å²) in [4.78, 5) is 26.9. The molecule has 0 saturated carbocycles. The predicted octanol–water partition coefficient (Wildman–Crippen LogP) is 4.23. The fourth-order valence-electron chi connectivity index (χ4n) is 3.50. The average molecular weight is 406 g/mol. The van der Waals surface area contributed by atoms with Crippen LogP contribution >= 0.6 is 0 Å². The number of hydrogen-bond donors (Lipinski definition) is 0. The SMILES string of the molecule is COC(=O)C(C)C1C(CCO[Si](C)(C)C(C)(C)C)C(=O)N1Cc1ccccc1. The lowest BCUT2D eigenvalue weighted by Crippen LogP contribution is -2.64. The first-order valence-electron chi connectivity index (χ1n) is 10.1. The highest BCUT2D eigenvalue weighted by Crippen LogP contribution is 2.39. The van der Waals surface area contributed by atoms with E-state index in [-0.39, 0.29) is 34.8 Å². The Bertz CT molecular complexity index is 684. The third-order valence-corrected chi connectivity index (χ3v) is 10.9. The van der Waals surface area contributed by atoms with Gasteiger partial charge < -0.3 is 14.1 Å². The van der Waals surface area contributed by atoms with E-state index in [4.69, 9.17) is 9.16 Å². The molecule has 0 aliphatic carbocycles. The van der Waals surface area contributed by atoms with Gasteiger partial charge in [-0.05, 0) is 37.0 Å². The third kappa shape index (κ3) is 4.84. The molecule has 1 aromatic carbocycles. The number of benzene rings is 1. The molecule has 1 aliphatic heterocycles. The van der Waals surface area contributed by atoms with Gasteiger partial charge in [0.2, 0.25) is 5.91 Å². The van der Waals surface area contributed by atoms with Gasteiger partial charge in [0.15, 0.2) is 8.32 Å². The maximum absolute atomic E-state index is 12.9. The second-order valence-corrected chi connectivity index (χ2v) is 14.1. The summed E-state index contributed by atoms with van der Waals surface area (Å²) in [5.74, 6) is -0.721. The number of hydrogen-bond acceptors (Lipinski definition) is 4. The zero-order chi connectivity index (χ0) is 21.1. The van der Waals surface area contributed by atoms with E-state index in [1.54, 1.807) is 0 Å². The lowest BCUT2D eigenvalue weighted by Gasteiger charge is -2.50. The maximum Gasteiger partial charge on any atom is 0.310 e. The summed E-state index contributed by atoms with van der Waals surface area (Å²) < 4.78 is 11.2. The minimum absolute atomic E-state index is 0.100. The number of β-lactam (4-membered cyclic amide) rings is 1. The van der Waals surface area contributed by atoms with Crippen molar-refractivity contribution >= 4 is 20.2 Å². The van der Waals surface area contributed by atoms with Gasteiger partial charge in [-0.25, -0.2) is 0 Å². The monoisotopic (exact) mass is 405 g/mol. The minimum atomic E-state index is -1.85. The molecule has 0 aromatic heterocycles. The van der Waals surface area contributed by atoms with E-state index in [1.165, 1.54) is 7.11 Å². The van der Waals surface area contributed by atoms with Crippen LogP contribution in [0.25, 0.3) is 0 Å². The van der Waals surface area contributed by atoms with Crippen LogP contribution in [0.4, 0.5) is 0 Å². The molecule has 1 aliphatic rings. The van der Waals surface area contributed by atoms with Gasteiger partial charge in [0.25, 0.3) is 0 Å². The Kier molecular flexibility index (Phi) is 7.10. The van der Waals surface area contributed by atoms with Crippen LogP contribution in [0.15, 0.2) is 30.3 Å². The van der Waals surface area contributed by atoms with E-state index in [0.29, 0.717) is 19.6 Å². The van der Waals surface area contributed by atoms with Crippen molar-refractivity contribution in [2.24, 2.45) is 11.8 Å². The van der Waals surface area contributed by atoms with Gasteiger partial charge >= 0.3 is 5.97 Å². The van der Waals surface area contributed by atoms with Gasteiger partial charge in [0.1, 0.15) is 0 Å². The summed E-state index contributed by atoms with van der Waals surface area (Å²) in [6.45, 7) is 14.0. The summed E-state index contributed by atoms with van der Waals surface area (Å²) in [6, 6.07) is 9.73. The van der Waals surface area contributed by atoms with Crippen LogP contribution in [0.2, 0.25) is 18.1 Å². The van der Waals surface area contributed by atoms with Crippen molar-refractivity contribution in [1.29, 1.82) is 0 Å². The molecule has 1 fully saturated rings. The standard InChI is InChI=1S/C22H35NO4Si/c1-16(21(25)26-5)19-18(13-14-27-28(6,7)22(2,3)4)20(24)23(19)15-17-11-9-8-10-12-17/h8-12,16,18-19H,13-15H2,1-7H3. The van der Waals surface area contributed by atoms with E-state index in [0.717, 1.165) is 5.56 Å². The summed E-state index contributed by atoms with van der Waals surface area (Å²) in [6.07, 6.45) is 0.642. The molecule has 1 saturated heterocycles. The fourth-order valence-corrected chi connectivity index (χ4v) is 4.56. The topological polar surface area (TPSA) is 55.8 Å². The highest BCUT2D eigenvalue weighted by Gasteiger charge is 2.51. The van der Waals surface area contributed by atoms with Crippen molar-refractivity contribution in [3.05, 3.63) is 35.9 Å². The number of esters is 1.